The van der Waals surface area contributed by atoms with E-state index in [4.69, 9.17) is 19.3 Å². The van der Waals surface area contributed by atoms with Crippen LogP contribution in [0.15, 0.2) is 60.7 Å². The van der Waals surface area contributed by atoms with Gasteiger partial charge >= 0.3 is 6.61 Å². The molecule has 0 aromatic heterocycles. The van der Waals surface area contributed by atoms with Crippen molar-refractivity contribution in [2.75, 3.05) is 13.7 Å². The molecule has 6 nitrogen and oxygen atoms in total. The van der Waals surface area contributed by atoms with E-state index in [0.717, 1.165) is 11.1 Å². The van der Waals surface area contributed by atoms with E-state index in [2.05, 4.69) is 0 Å². The standard InChI is InChI=1S/C24H23F2NO5S/c1-30-11-10-15-4-2-5-17(12-15)23-19-13-16(14-33(27,28)29)8-9-18(19)22-20(31-23)6-3-7-21(22)32-24(25)26/h2-9,12-13,23-24H,10-11,14H2,1H3,(H2,27,28,29). The third-order valence-corrected chi connectivity index (χ3v) is 6.07. The first kappa shape index (κ1) is 23.2. The van der Waals surface area contributed by atoms with Crippen LogP contribution in [-0.4, -0.2) is 28.7 Å². The van der Waals surface area contributed by atoms with Crippen LogP contribution in [0.4, 0.5) is 8.78 Å². The molecule has 0 saturated carbocycles. The number of methoxy groups -OCH3 is 1. The van der Waals surface area contributed by atoms with Crippen LogP contribution >= 0.6 is 0 Å². The minimum atomic E-state index is -3.77. The Morgan fingerprint density at radius 3 is 2.58 bits per heavy atom. The molecule has 9 heteroatoms. The minimum absolute atomic E-state index is 0.0183. The normalized spacial score (nSPS) is 15.0. The summed E-state index contributed by atoms with van der Waals surface area (Å²) in [5.74, 6) is 0.0190. The van der Waals surface area contributed by atoms with Gasteiger partial charge in [-0.25, -0.2) is 13.6 Å². The fraction of sp³-hybridized carbons (Fsp3) is 0.250. The molecule has 0 fully saturated rings. The monoisotopic (exact) mass is 475 g/mol. The van der Waals surface area contributed by atoms with Crippen LogP contribution in [-0.2, 0) is 26.9 Å². The first-order valence-corrected chi connectivity index (χ1v) is 11.9. The second-order valence-corrected chi connectivity index (χ2v) is 9.34. The number of fused-ring (bicyclic) bond motifs is 3. The summed E-state index contributed by atoms with van der Waals surface area (Å²) < 4.78 is 65.6. The summed E-state index contributed by atoms with van der Waals surface area (Å²) in [5, 5.41) is 5.24. The topological polar surface area (TPSA) is 87.8 Å². The molecule has 3 aromatic rings. The van der Waals surface area contributed by atoms with Crippen LogP contribution in [0.25, 0.3) is 11.1 Å². The van der Waals surface area contributed by atoms with Crippen LogP contribution < -0.4 is 14.6 Å². The second-order valence-electron chi connectivity index (χ2n) is 7.72. The van der Waals surface area contributed by atoms with Gasteiger partial charge in [-0.2, -0.15) is 8.78 Å². The van der Waals surface area contributed by atoms with E-state index < -0.39 is 22.7 Å². The smallest absolute Gasteiger partial charge is 0.387 e. The lowest BCUT2D eigenvalue weighted by Crippen LogP contribution is -2.18. The number of hydrogen-bond acceptors (Lipinski definition) is 5. The summed E-state index contributed by atoms with van der Waals surface area (Å²) in [6.45, 7) is -2.45. The quantitative estimate of drug-likeness (QED) is 0.521. The van der Waals surface area contributed by atoms with Gasteiger partial charge in [0.05, 0.1) is 17.9 Å². The molecule has 0 spiro atoms. The van der Waals surface area contributed by atoms with E-state index in [1.807, 2.05) is 24.3 Å². The zero-order valence-corrected chi connectivity index (χ0v) is 18.6. The first-order chi connectivity index (χ1) is 15.7. The predicted octanol–water partition coefficient (Wildman–Crippen LogP) is 4.41. The van der Waals surface area contributed by atoms with E-state index in [9.17, 15) is 17.2 Å². The van der Waals surface area contributed by atoms with Crippen molar-refractivity contribution in [3.05, 3.63) is 82.9 Å². The molecule has 0 radical (unpaired) electrons. The Kier molecular flexibility index (Phi) is 6.64. The fourth-order valence-electron chi connectivity index (χ4n) is 4.02. The van der Waals surface area contributed by atoms with Crippen molar-refractivity contribution in [1.29, 1.82) is 0 Å². The van der Waals surface area contributed by atoms with Gasteiger partial charge in [0.2, 0.25) is 10.0 Å². The van der Waals surface area contributed by atoms with Crippen molar-refractivity contribution in [2.24, 2.45) is 5.14 Å². The van der Waals surface area contributed by atoms with Crippen LogP contribution in [0.2, 0.25) is 0 Å². The Labute approximate surface area is 191 Å². The number of nitrogens with two attached hydrogens (primary N) is 1. The van der Waals surface area contributed by atoms with Gasteiger partial charge in [-0.3, -0.25) is 0 Å². The average Bonchev–Trinajstić information content (AvgIpc) is 2.76. The Morgan fingerprint density at radius 2 is 1.85 bits per heavy atom. The van der Waals surface area contributed by atoms with Crippen LogP contribution in [0.1, 0.15) is 28.4 Å². The third kappa shape index (κ3) is 5.32. The van der Waals surface area contributed by atoms with Gasteiger partial charge in [-0.05, 0) is 40.8 Å². The molecule has 1 aliphatic heterocycles. The zero-order chi connectivity index (χ0) is 23.6. The molecule has 33 heavy (non-hydrogen) atoms. The number of rotatable bonds is 8. The summed E-state index contributed by atoms with van der Waals surface area (Å²) in [4.78, 5) is 0. The summed E-state index contributed by atoms with van der Waals surface area (Å²) in [7, 11) is -2.13. The van der Waals surface area contributed by atoms with E-state index in [1.54, 1.807) is 37.4 Å². The number of halogens is 2. The Bertz CT molecular complexity index is 1260. The molecular weight excluding hydrogens is 452 g/mol. The number of alkyl halides is 2. The zero-order valence-electron chi connectivity index (χ0n) is 17.8. The fourth-order valence-corrected chi connectivity index (χ4v) is 4.66. The molecule has 0 bridgehead atoms. The van der Waals surface area contributed by atoms with E-state index in [1.165, 1.54) is 6.07 Å². The highest BCUT2D eigenvalue weighted by molar-refractivity contribution is 7.88. The van der Waals surface area contributed by atoms with Crippen LogP contribution in [0.5, 0.6) is 11.5 Å². The Hall–Kier alpha value is -3.01. The van der Waals surface area contributed by atoms with Gasteiger partial charge in [0.1, 0.15) is 17.6 Å². The lowest BCUT2D eigenvalue weighted by atomic mass is 9.87. The van der Waals surface area contributed by atoms with Gasteiger partial charge in [-0.1, -0.05) is 48.5 Å². The average molecular weight is 476 g/mol. The number of benzene rings is 3. The molecule has 4 rings (SSSR count). The molecule has 174 valence electrons. The third-order valence-electron chi connectivity index (χ3n) is 5.33. The van der Waals surface area contributed by atoms with Crippen molar-refractivity contribution in [3.8, 4) is 22.6 Å². The Morgan fingerprint density at radius 1 is 1.06 bits per heavy atom. The van der Waals surface area contributed by atoms with Crippen molar-refractivity contribution < 1.29 is 31.4 Å². The highest BCUT2D eigenvalue weighted by atomic mass is 32.2. The molecule has 1 atom stereocenters. The van der Waals surface area contributed by atoms with Crippen molar-refractivity contribution in [3.63, 3.8) is 0 Å². The molecule has 3 aromatic carbocycles. The number of sulfonamides is 1. The maximum atomic E-state index is 13.1. The van der Waals surface area contributed by atoms with Crippen molar-refractivity contribution in [1.82, 2.24) is 0 Å². The van der Waals surface area contributed by atoms with E-state index >= 15 is 0 Å². The van der Waals surface area contributed by atoms with Crippen molar-refractivity contribution in [2.45, 2.75) is 24.9 Å². The van der Waals surface area contributed by atoms with Crippen LogP contribution in [0, 0.1) is 0 Å². The van der Waals surface area contributed by atoms with Gasteiger partial charge < -0.3 is 14.2 Å². The van der Waals surface area contributed by atoms with Gasteiger partial charge in [-0.15, -0.1) is 0 Å². The highest BCUT2D eigenvalue weighted by Gasteiger charge is 2.31. The maximum Gasteiger partial charge on any atom is 0.387 e. The summed E-state index contributed by atoms with van der Waals surface area (Å²) in [6, 6.07) is 17.5. The van der Waals surface area contributed by atoms with Gasteiger partial charge in [0.25, 0.3) is 0 Å². The largest absolute Gasteiger partial charge is 0.480 e. The lowest BCUT2D eigenvalue weighted by Gasteiger charge is -2.31. The molecule has 0 saturated heterocycles. The molecule has 1 heterocycles. The molecule has 0 aliphatic carbocycles. The van der Waals surface area contributed by atoms with Crippen LogP contribution in [0.3, 0.4) is 0 Å². The number of hydrogen-bond donors (Lipinski definition) is 1. The predicted molar refractivity (Wildman–Crippen MR) is 120 cm³/mol. The van der Waals surface area contributed by atoms with Gasteiger partial charge in [0.15, 0.2) is 0 Å². The van der Waals surface area contributed by atoms with Crippen molar-refractivity contribution >= 4 is 10.0 Å². The number of ether oxygens (including phenoxy) is 3. The Balaban J connectivity index is 1.86. The van der Waals surface area contributed by atoms with Gasteiger partial charge in [0, 0.05) is 12.7 Å². The summed E-state index contributed by atoms with van der Waals surface area (Å²) in [6.07, 6.45) is 0.121. The summed E-state index contributed by atoms with van der Waals surface area (Å²) >= 11 is 0. The molecule has 1 aliphatic rings. The first-order valence-electron chi connectivity index (χ1n) is 10.2. The lowest BCUT2D eigenvalue weighted by molar-refractivity contribution is -0.0496. The molecule has 1 unspecified atom stereocenters. The second kappa shape index (κ2) is 9.46. The minimum Gasteiger partial charge on any atom is -0.480 e. The number of primary sulfonamides is 1. The molecule has 2 N–H and O–H groups in total. The molecule has 0 amide bonds. The summed E-state index contributed by atoms with van der Waals surface area (Å²) in [5.41, 5.74) is 4.00. The highest BCUT2D eigenvalue weighted by Crippen LogP contribution is 2.49. The van der Waals surface area contributed by atoms with E-state index in [-0.39, 0.29) is 11.5 Å². The maximum absolute atomic E-state index is 13.1. The SMILES string of the molecule is COCCc1cccc(C2Oc3cccc(OC(F)F)c3-c3ccc(CS(N)(=O)=O)cc32)c1. The molecular formula is C24H23F2NO5S. The van der Waals surface area contributed by atoms with E-state index in [0.29, 0.717) is 41.0 Å².